The number of pyridine rings is 1. The minimum absolute atomic E-state index is 0.205. The van der Waals surface area contributed by atoms with E-state index in [0.717, 1.165) is 49.6 Å². The summed E-state index contributed by atoms with van der Waals surface area (Å²) in [6.07, 6.45) is 9.41. The van der Waals surface area contributed by atoms with Crippen LogP contribution in [0.5, 0.6) is 0 Å². The van der Waals surface area contributed by atoms with Crippen LogP contribution in [0.4, 0.5) is 0 Å². The predicted molar refractivity (Wildman–Crippen MR) is 114 cm³/mol. The Morgan fingerprint density at radius 1 is 1.28 bits per heavy atom. The molecular formula is C21H31N7O. The number of hydrogen-bond acceptors (Lipinski definition) is 4. The molecule has 2 aromatic rings. The predicted octanol–water partition coefficient (Wildman–Crippen LogP) is 1.97. The number of hydrogen-bond donors (Lipinski definition) is 2. The van der Waals surface area contributed by atoms with Gasteiger partial charge in [-0.2, -0.15) is 5.10 Å². The fourth-order valence-corrected chi connectivity index (χ4v) is 3.85. The second-order valence-corrected chi connectivity index (χ2v) is 7.71. The molecule has 1 fully saturated rings. The zero-order valence-corrected chi connectivity index (χ0v) is 17.6. The molecule has 0 bridgehead atoms. The molecule has 0 atom stereocenters. The molecule has 8 heteroatoms. The monoisotopic (exact) mass is 397 g/mol. The Morgan fingerprint density at radius 3 is 2.72 bits per heavy atom. The third kappa shape index (κ3) is 5.13. The molecule has 8 nitrogen and oxygen atoms in total. The number of guanidine groups is 1. The average Bonchev–Trinajstić information content (AvgIpc) is 3.42. The van der Waals surface area contributed by atoms with Crippen molar-refractivity contribution in [2.24, 2.45) is 10.4 Å². The topological polar surface area (TPSA) is 87.4 Å². The van der Waals surface area contributed by atoms with Crippen LogP contribution in [0.1, 0.15) is 38.2 Å². The van der Waals surface area contributed by atoms with E-state index >= 15 is 0 Å². The Labute approximate surface area is 172 Å². The van der Waals surface area contributed by atoms with E-state index < -0.39 is 0 Å². The van der Waals surface area contributed by atoms with Gasteiger partial charge in [-0.1, -0.05) is 12.8 Å². The van der Waals surface area contributed by atoms with Gasteiger partial charge in [0.1, 0.15) is 0 Å². The van der Waals surface area contributed by atoms with E-state index in [-0.39, 0.29) is 11.3 Å². The Kier molecular flexibility index (Phi) is 6.85. The standard InChI is InChI=1S/C21H31N7O/c1-4-22-20(25-16-21(9-5-6-10-21)19(29)27(2)3)24-15-17-8-12-23-18(14-17)28-13-7-11-26-28/h7-8,11-14H,4-6,9-10,15-16H2,1-3H3,(H2,22,24,25). The number of rotatable bonds is 7. The van der Waals surface area contributed by atoms with Gasteiger partial charge < -0.3 is 15.5 Å². The van der Waals surface area contributed by atoms with Crippen LogP contribution in [0.25, 0.3) is 5.82 Å². The quantitative estimate of drug-likeness (QED) is 0.551. The molecule has 156 valence electrons. The minimum atomic E-state index is -0.330. The van der Waals surface area contributed by atoms with E-state index in [1.165, 1.54) is 0 Å². The molecule has 29 heavy (non-hydrogen) atoms. The fraction of sp³-hybridized carbons (Fsp3) is 0.524. The van der Waals surface area contributed by atoms with E-state index in [4.69, 9.17) is 4.99 Å². The molecule has 0 aromatic carbocycles. The first kappa shape index (κ1) is 20.8. The number of aromatic nitrogens is 3. The van der Waals surface area contributed by atoms with Gasteiger partial charge in [0.25, 0.3) is 0 Å². The number of carbonyl (C=O) groups excluding carboxylic acids is 1. The normalized spacial score (nSPS) is 15.9. The largest absolute Gasteiger partial charge is 0.357 e. The molecule has 2 heterocycles. The van der Waals surface area contributed by atoms with Gasteiger partial charge >= 0.3 is 0 Å². The highest BCUT2D eigenvalue weighted by Gasteiger charge is 2.42. The second-order valence-electron chi connectivity index (χ2n) is 7.71. The third-order valence-electron chi connectivity index (χ3n) is 5.33. The molecule has 1 saturated carbocycles. The smallest absolute Gasteiger partial charge is 0.230 e. The summed E-state index contributed by atoms with van der Waals surface area (Å²) in [5, 5.41) is 10.9. The Morgan fingerprint density at radius 2 is 2.07 bits per heavy atom. The lowest BCUT2D eigenvalue weighted by molar-refractivity contribution is -0.138. The Bertz CT molecular complexity index is 823. The zero-order chi connectivity index (χ0) is 20.7. The van der Waals surface area contributed by atoms with Gasteiger partial charge in [-0.15, -0.1) is 0 Å². The van der Waals surface area contributed by atoms with Crippen molar-refractivity contribution in [2.45, 2.75) is 39.2 Å². The molecular weight excluding hydrogens is 366 g/mol. The van der Waals surface area contributed by atoms with Crippen molar-refractivity contribution in [1.29, 1.82) is 0 Å². The summed E-state index contributed by atoms with van der Waals surface area (Å²) in [5.41, 5.74) is 0.714. The molecule has 1 amide bonds. The zero-order valence-electron chi connectivity index (χ0n) is 17.6. The lowest BCUT2D eigenvalue weighted by Gasteiger charge is -2.31. The lowest BCUT2D eigenvalue weighted by Crippen LogP contribution is -2.49. The number of aliphatic imine (C=N–C) groups is 1. The van der Waals surface area contributed by atoms with E-state index in [1.54, 1.807) is 22.0 Å². The van der Waals surface area contributed by atoms with Gasteiger partial charge in [0, 0.05) is 45.8 Å². The van der Waals surface area contributed by atoms with Crippen LogP contribution in [0.3, 0.4) is 0 Å². The highest BCUT2D eigenvalue weighted by Crippen LogP contribution is 2.38. The van der Waals surface area contributed by atoms with Gasteiger partial charge in [0.2, 0.25) is 5.91 Å². The van der Waals surface area contributed by atoms with Crippen LogP contribution in [0.2, 0.25) is 0 Å². The highest BCUT2D eigenvalue weighted by molar-refractivity contribution is 5.85. The minimum Gasteiger partial charge on any atom is -0.357 e. The maximum absolute atomic E-state index is 12.8. The van der Waals surface area contributed by atoms with Crippen LogP contribution >= 0.6 is 0 Å². The summed E-state index contributed by atoms with van der Waals surface area (Å²) in [7, 11) is 3.67. The maximum atomic E-state index is 12.8. The van der Waals surface area contributed by atoms with E-state index in [9.17, 15) is 4.79 Å². The fourth-order valence-electron chi connectivity index (χ4n) is 3.85. The van der Waals surface area contributed by atoms with Gasteiger partial charge in [-0.25, -0.2) is 14.7 Å². The summed E-state index contributed by atoms with van der Waals surface area (Å²) in [5.74, 6) is 1.70. The molecule has 0 aliphatic heterocycles. The lowest BCUT2D eigenvalue weighted by atomic mass is 9.84. The first-order chi connectivity index (χ1) is 14.0. The van der Waals surface area contributed by atoms with Crippen molar-refractivity contribution >= 4 is 11.9 Å². The summed E-state index contributed by atoms with van der Waals surface area (Å²) >= 11 is 0. The van der Waals surface area contributed by atoms with E-state index in [0.29, 0.717) is 13.1 Å². The van der Waals surface area contributed by atoms with E-state index in [1.807, 2.05) is 45.4 Å². The molecule has 0 spiro atoms. The van der Waals surface area contributed by atoms with Gasteiger partial charge in [0.15, 0.2) is 11.8 Å². The molecule has 3 rings (SSSR count). The van der Waals surface area contributed by atoms with Crippen molar-refractivity contribution in [3.63, 3.8) is 0 Å². The average molecular weight is 398 g/mol. The second kappa shape index (κ2) is 9.54. The van der Waals surface area contributed by atoms with Crippen LogP contribution < -0.4 is 10.6 Å². The number of nitrogens with zero attached hydrogens (tertiary/aromatic N) is 5. The maximum Gasteiger partial charge on any atom is 0.230 e. The summed E-state index contributed by atoms with van der Waals surface area (Å²) in [4.78, 5) is 23.6. The summed E-state index contributed by atoms with van der Waals surface area (Å²) < 4.78 is 1.73. The SMILES string of the molecule is CCNC(=NCc1ccnc(-n2cccn2)c1)NCC1(C(=O)N(C)C)CCCC1. The Hall–Kier alpha value is -2.90. The molecule has 1 aliphatic carbocycles. The summed E-state index contributed by atoms with van der Waals surface area (Å²) in [6, 6.07) is 5.80. The van der Waals surface area contributed by atoms with Crippen LogP contribution in [-0.2, 0) is 11.3 Å². The molecule has 2 N–H and O–H groups in total. The van der Waals surface area contributed by atoms with Crippen molar-refractivity contribution in [3.05, 3.63) is 42.4 Å². The Balaban J connectivity index is 1.69. The number of nitrogens with one attached hydrogen (secondary N) is 2. The molecule has 1 aliphatic rings. The third-order valence-corrected chi connectivity index (χ3v) is 5.33. The molecule has 2 aromatic heterocycles. The van der Waals surface area contributed by atoms with E-state index in [2.05, 4.69) is 20.7 Å². The first-order valence-electron chi connectivity index (χ1n) is 10.2. The summed E-state index contributed by atoms with van der Waals surface area (Å²) in [6.45, 7) is 3.91. The highest BCUT2D eigenvalue weighted by atomic mass is 16.2. The van der Waals surface area contributed by atoms with Crippen molar-refractivity contribution in [1.82, 2.24) is 30.3 Å². The van der Waals surface area contributed by atoms with Crippen LogP contribution in [0, 0.1) is 5.41 Å². The number of carbonyl (C=O) groups is 1. The molecule has 0 radical (unpaired) electrons. The van der Waals surface area contributed by atoms with Crippen molar-refractivity contribution in [2.75, 3.05) is 27.2 Å². The van der Waals surface area contributed by atoms with Gasteiger partial charge in [-0.3, -0.25) is 4.79 Å². The number of amides is 1. The van der Waals surface area contributed by atoms with Crippen LogP contribution in [0.15, 0.2) is 41.8 Å². The van der Waals surface area contributed by atoms with Crippen molar-refractivity contribution < 1.29 is 4.79 Å². The van der Waals surface area contributed by atoms with Crippen molar-refractivity contribution in [3.8, 4) is 5.82 Å². The van der Waals surface area contributed by atoms with Gasteiger partial charge in [0.05, 0.1) is 12.0 Å². The first-order valence-corrected chi connectivity index (χ1v) is 10.2. The molecule has 0 saturated heterocycles. The molecule has 0 unspecified atom stereocenters. The van der Waals surface area contributed by atoms with Gasteiger partial charge in [-0.05, 0) is 43.5 Å². The van der Waals surface area contributed by atoms with Crippen LogP contribution in [-0.4, -0.2) is 58.7 Å².